The Kier molecular flexibility index (Phi) is 11.8. The number of ether oxygens (including phenoxy) is 1. The Bertz CT molecular complexity index is 794. The number of nitrogens with one attached hydrogen (secondary N) is 3. The fourth-order valence-electron chi connectivity index (χ4n) is 2.70. The van der Waals surface area contributed by atoms with Crippen LogP contribution in [0.2, 0.25) is 0 Å². The van der Waals surface area contributed by atoms with Gasteiger partial charge in [-0.3, -0.25) is 4.79 Å². The molecule has 1 amide bonds. The van der Waals surface area contributed by atoms with Crippen LogP contribution in [-0.4, -0.2) is 38.1 Å². The van der Waals surface area contributed by atoms with Gasteiger partial charge in [0, 0.05) is 29.9 Å². The first-order valence-electron chi connectivity index (χ1n) is 9.99. The Labute approximate surface area is 200 Å². The largest absolute Gasteiger partial charge is 0.484 e. The molecule has 0 unspecified atom stereocenters. The van der Waals surface area contributed by atoms with Gasteiger partial charge in [0.05, 0.1) is 6.54 Å². The first-order valence-corrected chi connectivity index (χ1v) is 10.9. The molecule has 0 spiro atoms. The molecule has 2 aromatic rings. The highest BCUT2D eigenvalue weighted by Gasteiger charge is 2.21. The molecule has 1 aromatic carbocycles. The molecule has 1 aromatic heterocycles. The van der Waals surface area contributed by atoms with Crippen molar-refractivity contribution in [2.24, 2.45) is 4.99 Å². The van der Waals surface area contributed by atoms with Crippen molar-refractivity contribution in [3.63, 3.8) is 0 Å². The predicted molar refractivity (Wildman–Crippen MR) is 136 cm³/mol. The number of likely N-dealkylation sites (N-methyl/N-ethyl adjacent to an activating group) is 1. The van der Waals surface area contributed by atoms with Crippen LogP contribution in [0.15, 0.2) is 46.8 Å². The number of nitrogens with zero attached hydrogens (tertiary/aromatic N) is 1. The van der Waals surface area contributed by atoms with Crippen LogP contribution in [0.1, 0.15) is 38.1 Å². The first-order chi connectivity index (χ1) is 13.9. The summed E-state index contributed by atoms with van der Waals surface area (Å²) in [6, 6.07) is 11.9. The molecule has 0 atom stereocenters. The lowest BCUT2D eigenvalue weighted by Gasteiger charge is -2.25. The fourth-order valence-corrected chi connectivity index (χ4v) is 3.55. The van der Waals surface area contributed by atoms with Gasteiger partial charge in [0.1, 0.15) is 5.75 Å². The number of carbonyl (C=O) groups excluding carboxylic acids is 1. The van der Waals surface area contributed by atoms with Crippen LogP contribution in [0.4, 0.5) is 0 Å². The van der Waals surface area contributed by atoms with Gasteiger partial charge in [-0.1, -0.05) is 32.0 Å². The van der Waals surface area contributed by atoms with Gasteiger partial charge in [0.25, 0.3) is 5.91 Å². The van der Waals surface area contributed by atoms with Crippen molar-refractivity contribution in [2.75, 3.05) is 26.2 Å². The maximum absolute atomic E-state index is 11.6. The zero-order chi connectivity index (χ0) is 21.1. The Morgan fingerprint density at radius 3 is 2.53 bits per heavy atom. The molecule has 0 saturated carbocycles. The normalized spacial score (nSPS) is 11.4. The second-order valence-electron chi connectivity index (χ2n) is 7.30. The molecule has 0 aliphatic rings. The van der Waals surface area contributed by atoms with Crippen molar-refractivity contribution in [1.82, 2.24) is 16.0 Å². The maximum Gasteiger partial charge on any atom is 0.257 e. The van der Waals surface area contributed by atoms with Crippen LogP contribution in [-0.2, 0) is 16.8 Å². The second-order valence-corrected chi connectivity index (χ2v) is 8.25. The average molecular weight is 545 g/mol. The van der Waals surface area contributed by atoms with Crippen LogP contribution in [0, 0.1) is 0 Å². The quantitative estimate of drug-likeness (QED) is 0.241. The minimum Gasteiger partial charge on any atom is -0.484 e. The SMILES string of the molecule is CCNC(=O)COc1cccc(CN=C(NCC)NCC(C)(C)c2cccs2)c1.I. The Hall–Kier alpha value is -1.81. The summed E-state index contributed by atoms with van der Waals surface area (Å²) >= 11 is 1.77. The van der Waals surface area contributed by atoms with E-state index in [0.717, 1.165) is 24.6 Å². The standard InChI is InChI=1S/C22H32N4O2S.HI/c1-5-23-20(27)15-28-18-10-7-9-17(13-18)14-25-21(24-6-2)26-16-22(3,4)19-11-8-12-29-19;/h7-13H,5-6,14-16H2,1-4H3,(H,23,27)(H2,24,25,26);1H. The zero-order valence-corrected chi connectivity index (χ0v) is 21.3. The van der Waals surface area contributed by atoms with E-state index in [1.54, 1.807) is 11.3 Å². The van der Waals surface area contributed by atoms with E-state index in [1.807, 2.05) is 31.2 Å². The second kappa shape index (κ2) is 13.5. The minimum atomic E-state index is -0.122. The fraction of sp³-hybridized carbons (Fsp3) is 0.455. The van der Waals surface area contributed by atoms with E-state index in [4.69, 9.17) is 9.73 Å². The summed E-state index contributed by atoms with van der Waals surface area (Å²) in [5.41, 5.74) is 1.05. The van der Waals surface area contributed by atoms with Gasteiger partial charge < -0.3 is 20.7 Å². The lowest BCUT2D eigenvalue weighted by molar-refractivity contribution is -0.122. The summed E-state index contributed by atoms with van der Waals surface area (Å²) in [4.78, 5) is 17.6. The average Bonchev–Trinajstić information content (AvgIpc) is 3.25. The molecule has 0 aliphatic carbocycles. The van der Waals surface area contributed by atoms with E-state index in [-0.39, 0.29) is 41.9 Å². The van der Waals surface area contributed by atoms with Crippen molar-refractivity contribution in [3.05, 3.63) is 52.2 Å². The Morgan fingerprint density at radius 2 is 1.87 bits per heavy atom. The molecule has 0 radical (unpaired) electrons. The number of hydrogen-bond acceptors (Lipinski definition) is 4. The summed E-state index contributed by atoms with van der Waals surface area (Å²) < 4.78 is 5.56. The van der Waals surface area contributed by atoms with Crippen molar-refractivity contribution in [2.45, 2.75) is 39.7 Å². The number of hydrogen-bond donors (Lipinski definition) is 3. The number of thiophene rings is 1. The topological polar surface area (TPSA) is 74.8 Å². The lowest BCUT2D eigenvalue weighted by Crippen LogP contribution is -2.43. The number of amides is 1. The van der Waals surface area contributed by atoms with E-state index in [9.17, 15) is 4.79 Å². The number of benzene rings is 1. The van der Waals surface area contributed by atoms with Crippen LogP contribution < -0.4 is 20.7 Å². The van der Waals surface area contributed by atoms with E-state index < -0.39 is 0 Å². The third-order valence-corrected chi connectivity index (χ3v) is 5.53. The lowest BCUT2D eigenvalue weighted by atomic mass is 9.91. The molecule has 3 N–H and O–H groups in total. The highest BCUT2D eigenvalue weighted by Crippen LogP contribution is 2.26. The molecule has 1 heterocycles. The molecular formula is C22H33IN4O2S. The molecule has 6 nitrogen and oxygen atoms in total. The van der Waals surface area contributed by atoms with E-state index >= 15 is 0 Å². The van der Waals surface area contributed by atoms with Crippen LogP contribution in [0.25, 0.3) is 0 Å². The third kappa shape index (κ3) is 8.91. The minimum absolute atomic E-state index is 0. The van der Waals surface area contributed by atoms with E-state index in [0.29, 0.717) is 18.8 Å². The molecular weight excluding hydrogens is 511 g/mol. The van der Waals surface area contributed by atoms with Gasteiger partial charge in [-0.2, -0.15) is 0 Å². The Balaban J connectivity index is 0.00000450. The van der Waals surface area contributed by atoms with Gasteiger partial charge in [0.15, 0.2) is 12.6 Å². The van der Waals surface area contributed by atoms with Crippen molar-refractivity contribution < 1.29 is 9.53 Å². The van der Waals surface area contributed by atoms with Crippen LogP contribution in [0.5, 0.6) is 5.75 Å². The summed E-state index contributed by atoms with van der Waals surface area (Å²) in [6.45, 7) is 11.1. The molecule has 0 saturated heterocycles. The number of halogens is 1. The highest BCUT2D eigenvalue weighted by atomic mass is 127. The first kappa shape index (κ1) is 26.2. The van der Waals surface area contributed by atoms with Crippen LogP contribution >= 0.6 is 35.3 Å². The molecule has 0 aliphatic heterocycles. The van der Waals surface area contributed by atoms with Crippen molar-refractivity contribution in [3.8, 4) is 5.75 Å². The van der Waals surface area contributed by atoms with Crippen molar-refractivity contribution in [1.29, 1.82) is 0 Å². The molecule has 0 fully saturated rings. The Morgan fingerprint density at radius 1 is 1.10 bits per heavy atom. The molecule has 0 bridgehead atoms. The summed E-state index contributed by atoms with van der Waals surface area (Å²) in [6.07, 6.45) is 0. The number of rotatable bonds is 10. The van der Waals surface area contributed by atoms with Crippen molar-refractivity contribution >= 4 is 47.2 Å². The van der Waals surface area contributed by atoms with E-state index in [2.05, 4.69) is 54.2 Å². The van der Waals surface area contributed by atoms with E-state index in [1.165, 1.54) is 4.88 Å². The summed E-state index contributed by atoms with van der Waals surface area (Å²) in [5.74, 6) is 1.33. The zero-order valence-electron chi connectivity index (χ0n) is 18.2. The molecule has 2 rings (SSSR count). The smallest absolute Gasteiger partial charge is 0.257 e. The van der Waals surface area contributed by atoms with Gasteiger partial charge >= 0.3 is 0 Å². The van der Waals surface area contributed by atoms with Crippen LogP contribution in [0.3, 0.4) is 0 Å². The number of guanidine groups is 1. The number of aliphatic imine (C=N–C) groups is 1. The summed E-state index contributed by atoms with van der Waals surface area (Å²) in [7, 11) is 0. The third-order valence-electron chi connectivity index (χ3n) is 4.29. The molecule has 166 valence electrons. The number of carbonyl (C=O) groups is 1. The van der Waals surface area contributed by atoms with Gasteiger partial charge in [-0.25, -0.2) is 4.99 Å². The molecule has 30 heavy (non-hydrogen) atoms. The maximum atomic E-state index is 11.6. The summed E-state index contributed by atoms with van der Waals surface area (Å²) in [5, 5.41) is 11.6. The van der Waals surface area contributed by atoms with Gasteiger partial charge in [-0.15, -0.1) is 35.3 Å². The van der Waals surface area contributed by atoms with Gasteiger partial charge in [-0.05, 0) is 43.0 Å². The monoisotopic (exact) mass is 544 g/mol. The highest BCUT2D eigenvalue weighted by molar-refractivity contribution is 14.0. The predicted octanol–water partition coefficient (Wildman–Crippen LogP) is 3.91. The van der Waals surface area contributed by atoms with Gasteiger partial charge in [0.2, 0.25) is 0 Å². The molecule has 8 heteroatoms.